The Labute approximate surface area is 165 Å². The summed E-state index contributed by atoms with van der Waals surface area (Å²) in [6, 6.07) is 25.3. The summed E-state index contributed by atoms with van der Waals surface area (Å²) in [5, 5.41) is 6.90. The maximum atomic E-state index is 12.7. The van der Waals surface area contributed by atoms with E-state index in [1.807, 2.05) is 18.2 Å². The van der Waals surface area contributed by atoms with Crippen LogP contribution in [0.4, 0.5) is 5.69 Å². The van der Waals surface area contributed by atoms with Crippen LogP contribution in [0.1, 0.15) is 18.4 Å². The third-order valence-electron chi connectivity index (χ3n) is 6.30. The summed E-state index contributed by atoms with van der Waals surface area (Å²) in [6.07, 6.45) is 1.66. The summed E-state index contributed by atoms with van der Waals surface area (Å²) in [4.78, 5) is 17.4. The van der Waals surface area contributed by atoms with Gasteiger partial charge in [-0.2, -0.15) is 0 Å². The molecule has 0 unspecified atom stereocenters. The number of carbonyl (C=O) groups is 1. The normalized spacial score (nSPS) is 19.3. The highest BCUT2D eigenvalue weighted by molar-refractivity contribution is 5.93. The Kier molecular flexibility index (Phi) is 4.29. The number of fused-ring (bicyclic) bond motifs is 1. The second kappa shape index (κ2) is 6.95. The Bertz CT molecular complexity index is 988. The van der Waals surface area contributed by atoms with Crippen LogP contribution in [0, 0.1) is 0 Å². The number of nitrogens with zero attached hydrogens (tertiary/aromatic N) is 3. The molecule has 2 fully saturated rings. The van der Waals surface area contributed by atoms with Crippen LogP contribution in [0.5, 0.6) is 0 Å². The van der Waals surface area contributed by atoms with E-state index >= 15 is 0 Å². The predicted molar refractivity (Wildman–Crippen MR) is 112 cm³/mol. The molecule has 1 amide bonds. The van der Waals surface area contributed by atoms with E-state index in [-0.39, 0.29) is 5.91 Å². The van der Waals surface area contributed by atoms with E-state index in [1.54, 1.807) is 0 Å². The van der Waals surface area contributed by atoms with Gasteiger partial charge in [0.25, 0.3) is 5.91 Å². The average molecular weight is 370 g/mol. The van der Waals surface area contributed by atoms with Crippen molar-refractivity contribution in [2.45, 2.75) is 24.9 Å². The molecule has 2 aliphatic rings. The van der Waals surface area contributed by atoms with Crippen molar-refractivity contribution in [2.24, 2.45) is 0 Å². The minimum absolute atomic E-state index is 0.0566. The maximum Gasteiger partial charge on any atom is 0.268 e. The van der Waals surface area contributed by atoms with Gasteiger partial charge in [-0.1, -0.05) is 60.7 Å². The first-order chi connectivity index (χ1) is 13.8. The molecular weight excluding hydrogens is 346 g/mol. The summed E-state index contributed by atoms with van der Waals surface area (Å²) in [7, 11) is 0. The highest BCUT2D eigenvalue weighted by Crippen LogP contribution is 2.37. The lowest BCUT2D eigenvalue weighted by Gasteiger charge is -2.43. The average Bonchev–Trinajstić information content (AvgIpc) is 3.06. The predicted octanol–water partition coefficient (Wildman–Crippen LogP) is 3.78. The van der Waals surface area contributed by atoms with Crippen LogP contribution in [-0.2, 0) is 11.3 Å². The molecule has 1 radical (unpaired) electrons. The van der Waals surface area contributed by atoms with Crippen LogP contribution in [0.3, 0.4) is 0 Å². The van der Waals surface area contributed by atoms with Gasteiger partial charge in [0.1, 0.15) is 12.2 Å². The van der Waals surface area contributed by atoms with Crippen molar-refractivity contribution in [3.63, 3.8) is 0 Å². The van der Waals surface area contributed by atoms with E-state index in [9.17, 15) is 4.79 Å². The molecule has 2 aliphatic heterocycles. The third kappa shape index (κ3) is 2.85. The fraction of sp³-hybridized carbons (Fsp3) is 0.292. The van der Waals surface area contributed by atoms with Gasteiger partial charge in [-0.05, 0) is 41.3 Å². The molecule has 3 aromatic carbocycles. The van der Waals surface area contributed by atoms with Crippen LogP contribution in [0.2, 0.25) is 0 Å². The number of carbonyl (C=O) groups excluding carboxylic acids is 1. The van der Waals surface area contributed by atoms with Crippen LogP contribution in [-0.4, -0.2) is 36.1 Å². The maximum absolute atomic E-state index is 12.7. The molecule has 4 heteroatoms. The van der Waals surface area contributed by atoms with Gasteiger partial charge in [0.2, 0.25) is 0 Å². The van der Waals surface area contributed by atoms with Crippen molar-refractivity contribution < 1.29 is 4.79 Å². The number of hydrogen-bond donors (Lipinski definition) is 0. The van der Waals surface area contributed by atoms with Crippen molar-refractivity contribution in [3.8, 4) is 0 Å². The number of piperidine rings is 1. The number of hydrogen-bond acceptors (Lipinski definition) is 3. The Balaban J connectivity index is 1.35. The molecule has 0 atom stereocenters. The van der Waals surface area contributed by atoms with Gasteiger partial charge < -0.3 is 4.90 Å². The summed E-state index contributed by atoms with van der Waals surface area (Å²) < 4.78 is 0. The van der Waals surface area contributed by atoms with E-state index in [4.69, 9.17) is 0 Å². The molecule has 141 valence electrons. The zero-order valence-corrected chi connectivity index (χ0v) is 15.9. The Hall–Kier alpha value is -2.85. The van der Waals surface area contributed by atoms with Gasteiger partial charge >= 0.3 is 0 Å². The van der Waals surface area contributed by atoms with Crippen LogP contribution in [0.25, 0.3) is 10.8 Å². The lowest BCUT2D eigenvalue weighted by atomic mass is 9.85. The van der Waals surface area contributed by atoms with Crippen molar-refractivity contribution in [1.82, 2.24) is 10.2 Å². The van der Waals surface area contributed by atoms with Gasteiger partial charge in [0, 0.05) is 25.3 Å². The Morgan fingerprint density at radius 1 is 0.857 bits per heavy atom. The summed E-state index contributed by atoms with van der Waals surface area (Å²) >= 11 is 0. The van der Waals surface area contributed by atoms with Crippen molar-refractivity contribution >= 4 is 22.4 Å². The monoisotopic (exact) mass is 370 g/mol. The van der Waals surface area contributed by atoms with Gasteiger partial charge in [-0.15, -0.1) is 0 Å². The molecule has 0 saturated carbocycles. The standard InChI is InChI=1S/C24H24N3O/c28-23-24(27(18-25-23)21-10-2-1-3-11-21)13-15-26(16-14-24)17-20-9-6-8-19-7-4-5-12-22(19)20/h1-12H,13-18H2. The number of amides is 1. The Morgan fingerprint density at radius 2 is 1.57 bits per heavy atom. The summed E-state index contributed by atoms with van der Waals surface area (Å²) in [5.41, 5.74) is 1.99. The van der Waals surface area contributed by atoms with Crippen molar-refractivity contribution in [1.29, 1.82) is 0 Å². The number of likely N-dealkylation sites (tertiary alicyclic amines) is 1. The summed E-state index contributed by atoms with van der Waals surface area (Å²) in [6.45, 7) is 3.22. The second-order valence-corrected chi connectivity index (χ2v) is 7.81. The minimum Gasteiger partial charge on any atom is -0.337 e. The zero-order valence-electron chi connectivity index (χ0n) is 15.9. The van der Waals surface area contributed by atoms with Crippen molar-refractivity contribution in [3.05, 3.63) is 78.4 Å². The molecule has 2 saturated heterocycles. The Morgan fingerprint density at radius 3 is 2.39 bits per heavy atom. The van der Waals surface area contributed by atoms with Crippen molar-refractivity contribution in [2.75, 3.05) is 24.7 Å². The van der Waals surface area contributed by atoms with E-state index in [0.29, 0.717) is 6.67 Å². The fourth-order valence-electron chi connectivity index (χ4n) is 4.71. The van der Waals surface area contributed by atoms with E-state index in [0.717, 1.165) is 38.2 Å². The lowest BCUT2D eigenvalue weighted by molar-refractivity contribution is -0.125. The van der Waals surface area contributed by atoms with E-state index in [2.05, 4.69) is 69.7 Å². The fourth-order valence-corrected chi connectivity index (χ4v) is 4.71. The number of anilines is 1. The molecule has 0 aliphatic carbocycles. The first-order valence-electron chi connectivity index (χ1n) is 10.00. The first kappa shape index (κ1) is 17.3. The quantitative estimate of drug-likeness (QED) is 0.704. The molecule has 5 rings (SSSR count). The number of benzene rings is 3. The third-order valence-corrected chi connectivity index (χ3v) is 6.30. The van der Waals surface area contributed by atoms with Crippen LogP contribution < -0.4 is 10.2 Å². The molecular formula is C24H24N3O. The lowest BCUT2D eigenvalue weighted by Crippen LogP contribution is -2.56. The van der Waals surface area contributed by atoms with Gasteiger partial charge in [0.15, 0.2) is 0 Å². The van der Waals surface area contributed by atoms with Crippen LogP contribution in [0.15, 0.2) is 72.8 Å². The smallest absolute Gasteiger partial charge is 0.268 e. The highest BCUT2D eigenvalue weighted by Gasteiger charge is 2.51. The topological polar surface area (TPSA) is 37.7 Å². The first-order valence-corrected chi connectivity index (χ1v) is 10.00. The molecule has 3 aromatic rings. The van der Waals surface area contributed by atoms with Crippen LogP contribution >= 0.6 is 0 Å². The highest BCUT2D eigenvalue weighted by atomic mass is 16.2. The minimum atomic E-state index is -0.462. The zero-order chi connectivity index (χ0) is 19.0. The molecule has 2 heterocycles. The number of para-hydroxylation sites is 1. The van der Waals surface area contributed by atoms with Gasteiger partial charge in [-0.3, -0.25) is 9.69 Å². The molecule has 4 nitrogen and oxygen atoms in total. The SMILES string of the molecule is O=C1[N]CN(c2ccccc2)C12CCN(Cc1cccc3ccccc13)CC2. The van der Waals surface area contributed by atoms with Gasteiger partial charge in [-0.25, -0.2) is 5.32 Å². The molecule has 0 aromatic heterocycles. The molecule has 0 N–H and O–H groups in total. The second-order valence-electron chi connectivity index (χ2n) is 7.81. The van der Waals surface area contributed by atoms with E-state index in [1.165, 1.54) is 16.3 Å². The number of rotatable bonds is 3. The molecule has 1 spiro atoms. The molecule has 28 heavy (non-hydrogen) atoms. The van der Waals surface area contributed by atoms with E-state index < -0.39 is 5.54 Å². The molecule has 0 bridgehead atoms. The van der Waals surface area contributed by atoms with Gasteiger partial charge in [0.05, 0.1) is 0 Å². The largest absolute Gasteiger partial charge is 0.337 e. The summed E-state index contributed by atoms with van der Waals surface area (Å²) in [5.74, 6) is 0.0566.